The number of pyridine rings is 1. The number of Topliss-reactive ketones (excluding diaryl/α,β-unsaturated/α-hetero) is 1. The Morgan fingerprint density at radius 1 is 1.17 bits per heavy atom. The number of nitrogens with zero attached hydrogens (tertiary/aromatic N) is 1. The predicted octanol–water partition coefficient (Wildman–Crippen LogP) is 2.41. The standard InChI is InChI=1S/C15H20N2O/c1-9-5-11(6-10(2)16-9)15(18)12-7-13-3-4-14(8-12)17-13/h5-6,12-14,17H,3-4,7-8H2,1-2H3. The zero-order valence-electron chi connectivity index (χ0n) is 11.1. The van der Waals surface area contributed by atoms with Crippen molar-refractivity contribution in [3.8, 4) is 0 Å². The van der Waals surface area contributed by atoms with Crippen molar-refractivity contribution >= 4 is 5.78 Å². The average Bonchev–Trinajstić information content (AvgIpc) is 2.66. The lowest BCUT2D eigenvalue weighted by Gasteiger charge is -2.28. The van der Waals surface area contributed by atoms with Crippen LogP contribution in [-0.4, -0.2) is 22.9 Å². The molecule has 1 N–H and O–H groups in total. The molecule has 2 unspecified atom stereocenters. The van der Waals surface area contributed by atoms with E-state index in [0.29, 0.717) is 17.9 Å². The lowest BCUT2D eigenvalue weighted by Crippen LogP contribution is -2.40. The molecule has 0 spiro atoms. The highest BCUT2D eigenvalue weighted by Gasteiger charge is 2.36. The molecule has 0 saturated carbocycles. The quantitative estimate of drug-likeness (QED) is 0.812. The van der Waals surface area contributed by atoms with Crippen molar-refractivity contribution in [1.29, 1.82) is 0 Å². The first kappa shape index (κ1) is 11.8. The molecule has 1 aromatic heterocycles. The number of ketones is 1. The number of aryl methyl sites for hydroxylation is 2. The van der Waals surface area contributed by atoms with Gasteiger partial charge in [-0.15, -0.1) is 0 Å². The van der Waals surface area contributed by atoms with Crippen molar-refractivity contribution in [2.45, 2.75) is 51.6 Å². The van der Waals surface area contributed by atoms with Crippen LogP contribution in [0.4, 0.5) is 0 Å². The van der Waals surface area contributed by atoms with E-state index in [1.54, 1.807) is 0 Å². The van der Waals surface area contributed by atoms with Gasteiger partial charge in [-0.1, -0.05) is 0 Å². The van der Waals surface area contributed by atoms with Crippen molar-refractivity contribution in [3.63, 3.8) is 0 Å². The van der Waals surface area contributed by atoms with Gasteiger partial charge in [0, 0.05) is 35.0 Å². The summed E-state index contributed by atoms with van der Waals surface area (Å²) in [7, 11) is 0. The molecular weight excluding hydrogens is 224 g/mol. The Morgan fingerprint density at radius 3 is 2.28 bits per heavy atom. The van der Waals surface area contributed by atoms with E-state index in [1.165, 1.54) is 12.8 Å². The molecule has 3 heteroatoms. The molecular formula is C15H20N2O. The van der Waals surface area contributed by atoms with E-state index in [-0.39, 0.29) is 5.92 Å². The number of nitrogens with one attached hydrogen (secondary N) is 1. The number of hydrogen-bond acceptors (Lipinski definition) is 3. The monoisotopic (exact) mass is 244 g/mol. The van der Waals surface area contributed by atoms with Crippen LogP contribution in [0.25, 0.3) is 0 Å². The number of fused-ring (bicyclic) bond motifs is 2. The average molecular weight is 244 g/mol. The Bertz CT molecular complexity index is 451. The Hall–Kier alpha value is -1.22. The smallest absolute Gasteiger partial charge is 0.166 e. The first-order valence-electron chi connectivity index (χ1n) is 6.87. The number of carbonyl (C=O) groups excluding carboxylic acids is 1. The van der Waals surface area contributed by atoms with Crippen LogP contribution in [0.2, 0.25) is 0 Å². The largest absolute Gasteiger partial charge is 0.311 e. The van der Waals surface area contributed by atoms with Gasteiger partial charge < -0.3 is 5.32 Å². The molecule has 2 atom stereocenters. The molecule has 3 nitrogen and oxygen atoms in total. The molecule has 0 amide bonds. The zero-order valence-corrected chi connectivity index (χ0v) is 11.1. The van der Waals surface area contributed by atoms with Gasteiger partial charge in [0.1, 0.15) is 0 Å². The van der Waals surface area contributed by atoms with Gasteiger partial charge in [0.2, 0.25) is 0 Å². The summed E-state index contributed by atoms with van der Waals surface area (Å²) in [5, 5.41) is 3.58. The molecule has 0 aromatic carbocycles. The van der Waals surface area contributed by atoms with Gasteiger partial charge in [-0.25, -0.2) is 0 Å². The van der Waals surface area contributed by atoms with Gasteiger partial charge in [0.15, 0.2) is 5.78 Å². The van der Waals surface area contributed by atoms with Crippen LogP contribution >= 0.6 is 0 Å². The first-order valence-corrected chi connectivity index (χ1v) is 6.87. The maximum atomic E-state index is 12.6. The van der Waals surface area contributed by atoms with Gasteiger partial charge in [-0.2, -0.15) is 0 Å². The Morgan fingerprint density at radius 2 is 1.72 bits per heavy atom. The normalized spacial score (nSPS) is 30.4. The third kappa shape index (κ3) is 2.19. The number of carbonyl (C=O) groups is 1. The van der Waals surface area contributed by atoms with Gasteiger partial charge in [0.05, 0.1) is 0 Å². The van der Waals surface area contributed by atoms with Gasteiger partial charge >= 0.3 is 0 Å². The van der Waals surface area contributed by atoms with E-state index >= 15 is 0 Å². The lowest BCUT2D eigenvalue weighted by molar-refractivity contribution is 0.0875. The molecule has 0 radical (unpaired) electrons. The van der Waals surface area contributed by atoms with Crippen LogP contribution in [0.5, 0.6) is 0 Å². The third-order valence-corrected chi connectivity index (χ3v) is 4.21. The number of hydrogen-bond donors (Lipinski definition) is 1. The second kappa shape index (κ2) is 4.47. The van der Waals surface area contributed by atoms with Gasteiger partial charge in [0.25, 0.3) is 0 Å². The van der Waals surface area contributed by atoms with Crippen LogP contribution < -0.4 is 5.32 Å². The molecule has 1 aromatic rings. The molecule has 2 aliphatic rings. The molecule has 96 valence electrons. The van der Waals surface area contributed by atoms with Crippen molar-refractivity contribution < 1.29 is 4.79 Å². The predicted molar refractivity (Wildman–Crippen MR) is 70.7 cm³/mol. The number of aromatic nitrogens is 1. The van der Waals surface area contributed by atoms with E-state index in [2.05, 4.69) is 10.3 Å². The molecule has 2 fully saturated rings. The summed E-state index contributed by atoms with van der Waals surface area (Å²) >= 11 is 0. The van der Waals surface area contributed by atoms with Crippen LogP contribution in [0.3, 0.4) is 0 Å². The minimum absolute atomic E-state index is 0.213. The molecule has 2 bridgehead atoms. The van der Waals surface area contributed by atoms with Gasteiger partial charge in [-0.05, 0) is 51.7 Å². The molecule has 2 aliphatic heterocycles. The fraction of sp³-hybridized carbons (Fsp3) is 0.600. The van der Waals surface area contributed by atoms with E-state index in [1.807, 2.05) is 26.0 Å². The van der Waals surface area contributed by atoms with E-state index in [0.717, 1.165) is 29.8 Å². The first-order chi connectivity index (χ1) is 8.61. The fourth-order valence-corrected chi connectivity index (χ4v) is 3.48. The van der Waals surface area contributed by atoms with Gasteiger partial charge in [-0.3, -0.25) is 9.78 Å². The summed E-state index contributed by atoms with van der Waals surface area (Å²) in [6.45, 7) is 3.91. The van der Waals surface area contributed by atoms with Crippen molar-refractivity contribution in [2.24, 2.45) is 5.92 Å². The molecule has 3 heterocycles. The maximum Gasteiger partial charge on any atom is 0.166 e. The number of rotatable bonds is 2. The van der Waals surface area contributed by atoms with E-state index in [4.69, 9.17) is 0 Å². The summed E-state index contributed by atoms with van der Waals surface area (Å²) in [5.41, 5.74) is 2.73. The highest BCUT2D eigenvalue weighted by molar-refractivity contribution is 5.98. The van der Waals surface area contributed by atoms with Crippen molar-refractivity contribution in [3.05, 3.63) is 29.1 Å². The number of piperidine rings is 1. The highest BCUT2D eigenvalue weighted by Crippen LogP contribution is 2.32. The summed E-state index contributed by atoms with van der Waals surface area (Å²) in [6.07, 6.45) is 4.50. The second-order valence-corrected chi connectivity index (χ2v) is 5.81. The minimum atomic E-state index is 0.213. The molecule has 0 aliphatic carbocycles. The second-order valence-electron chi connectivity index (χ2n) is 5.81. The zero-order chi connectivity index (χ0) is 12.7. The van der Waals surface area contributed by atoms with Crippen LogP contribution in [0.15, 0.2) is 12.1 Å². The molecule has 2 saturated heterocycles. The molecule has 18 heavy (non-hydrogen) atoms. The Balaban J connectivity index is 1.81. The Kier molecular flexibility index (Phi) is 2.94. The highest BCUT2D eigenvalue weighted by atomic mass is 16.1. The summed E-state index contributed by atoms with van der Waals surface area (Å²) in [6, 6.07) is 5.00. The van der Waals surface area contributed by atoms with E-state index < -0.39 is 0 Å². The van der Waals surface area contributed by atoms with Crippen molar-refractivity contribution in [2.75, 3.05) is 0 Å². The third-order valence-electron chi connectivity index (χ3n) is 4.21. The minimum Gasteiger partial charge on any atom is -0.311 e. The summed E-state index contributed by atoms with van der Waals surface area (Å²) in [4.78, 5) is 16.9. The summed E-state index contributed by atoms with van der Waals surface area (Å²) < 4.78 is 0. The van der Waals surface area contributed by atoms with Crippen molar-refractivity contribution in [1.82, 2.24) is 10.3 Å². The van der Waals surface area contributed by atoms with Crippen LogP contribution in [-0.2, 0) is 0 Å². The summed E-state index contributed by atoms with van der Waals surface area (Å²) in [5.74, 6) is 0.534. The van der Waals surface area contributed by atoms with Crippen LogP contribution in [0.1, 0.15) is 47.4 Å². The lowest BCUT2D eigenvalue weighted by atomic mass is 9.86. The fourth-order valence-electron chi connectivity index (χ4n) is 3.48. The SMILES string of the molecule is Cc1cc(C(=O)C2CC3CCC(C2)N3)cc(C)n1. The Labute approximate surface area is 108 Å². The topological polar surface area (TPSA) is 42.0 Å². The molecule has 3 rings (SSSR count). The maximum absolute atomic E-state index is 12.6. The van der Waals surface area contributed by atoms with E-state index in [9.17, 15) is 4.79 Å². The van der Waals surface area contributed by atoms with Crippen LogP contribution in [0, 0.1) is 19.8 Å².